The van der Waals surface area contributed by atoms with Gasteiger partial charge in [-0.15, -0.1) is 0 Å². The molecule has 2 aromatic rings. The third-order valence-corrected chi connectivity index (χ3v) is 6.88. The molecule has 1 N–H and O–H groups in total. The fourth-order valence-electron chi connectivity index (χ4n) is 4.93. The molecule has 1 aromatic heterocycles. The van der Waals surface area contributed by atoms with Crippen molar-refractivity contribution < 1.29 is 9.53 Å². The predicted octanol–water partition coefficient (Wildman–Crippen LogP) is 3.94. The highest BCUT2D eigenvalue weighted by Crippen LogP contribution is 2.36. The SMILES string of the molecule is Cc1ccc(C(NC(=O)C2(N3CCOCC3)CCCCC2)c2cccnc2)cc1C. The molecule has 1 unspecified atom stereocenters. The number of aromatic nitrogens is 1. The van der Waals surface area contributed by atoms with Crippen molar-refractivity contribution in [2.45, 2.75) is 57.5 Å². The van der Waals surface area contributed by atoms with Gasteiger partial charge in [-0.3, -0.25) is 14.7 Å². The van der Waals surface area contributed by atoms with Crippen LogP contribution in [0.15, 0.2) is 42.7 Å². The number of hydrogen-bond acceptors (Lipinski definition) is 4. The average molecular weight is 408 g/mol. The maximum absolute atomic E-state index is 13.9. The summed E-state index contributed by atoms with van der Waals surface area (Å²) in [7, 11) is 0. The quantitative estimate of drug-likeness (QED) is 0.816. The normalized spacial score (nSPS) is 20.5. The first-order chi connectivity index (χ1) is 14.6. The topological polar surface area (TPSA) is 54.5 Å². The lowest BCUT2D eigenvalue weighted by atomic mass is 9.78. The first-order valence-corrected chi connectivity index (χ1v) is 11.2. The molecule has 0 bridgehead atoms. The molecule has 2 fully saturated rings. The van der Waals surface area contributed by atoms with Crippen LogP contribution < -0.4 is 5.32 Å². The summed E-state index contributed by atoms with van der Waals surface area (Å²) in [6.45, 7) is 7.31. The molecule has 1 saturated heterocycles. The summed E-state index contributed by atoms with van der Waals surface area (Å²) in [6, 6.07) is 10.2. The predicted molar refractivity (Wildman–Crippen MR) is 118 cm³/mol. The summed E-state index contributed by atoms with van der Waals surface area (Å²) in [5.74, 6) is 0.149. The van der Waals surface area contributed by atoms with Gasteiger partial charge in [0.1, 0.15) is 5.54 Å². The molecule has 5 heteroatoms. The Morgan fingerprint density at radius 3 is 2.50 bits per heavy atom. The number of hydrogen-bond donors (Lipinski definition) is 1. The van der Waals surface area contributed by atoms with Crippen LogP contribution in [-0.2, 0) is 9.53 Å². The van der Waals surface area contributed by atoms with Gasteiger partial charge in [0.05, 0.1) is 19.3 Å². The van der Waals surface area contributed by atoms with Crippen LogP contribution in [0.4, 0.5) is 0 Å². The molecule has 1 amide bonds. The van der Waals surface area contributed by atoms with E-state index in [0.717, 1.165) is 49.9 Å². The van der Waals surface area contributed by atoms with Gasteiger partial charge in [0, 0.05) is 25.5 Å². The molecule has 1 saturated carbocycles. The van der Waals surface area contributed by atoms with E-state index in [1.54, 1.807) is 6.20 Å². The Morgan fingerprint density at radius 1 is 1.07 bits per heavy atom. The van der Waals surface area contributed by atoms with E-state index in [2.05, 4.69) is 53.3 Å². The van der Waals surface area contributed by atoms with Crippen molar-refractivity contribution in [3.05, 3.63) is 65.0 Å². The third kappa shape index (κ3) is 4.28. The smallest absolute Gasteiger partial charge is 0.241 e. The summed E-state index contributed by atoms with van der Waals surface area (Å²) < 4.78 is 5.58. The van der Waals surface area contributed by atoms with Crippen molar-refractivity contribution in [2.24, 2.45) is 0 Å². The van der Waals surface area contributed by atoms with Gasteiger partial charge >= 0.3 is 0 Å². The number of nitrogens with zero attached hydrogens (tertiary/aromatic N) is 2. The van der Waals surface area contributed by atoms with Crippen LogP contribution in [0.25, 0.3) is 0 Å². The lowest BCUT2D eigenvalue weighted by molar-refractivity contribution is -0.140. The highest BCUT2D eigenvalue weighted by molar-refractivity contribution is 5.87. The highest BCUT2D eigenvalue weighted by atomic mass is 16.5. The Balaban J connectivity index is 1.67. The summed E-state index contributed by atoms with van der Waals surface area (Å²) in [4.78, 5) is 20.6. The number of ether oxygens (including phenoxy) is 1. The molecule has 4 rings (SSSR count). The van der Waals surface area contributed by atoms with Gasteiger partial charge in [-0.25, -0.2) is 0 Å². The van der Waals surface area contributed by atoms with E-state index >= 15 is 0 Å². The summed E-state index contributed by atoms with van der Waals surface area (Å²) >= 11 is 0. The van der Waals surface area contributed by atoms with Crippen molar-refractivity contribution in [3.8, 4) is 0 Å². The molecule has 1 aromatic carbocycles. The summed E-state index contributed by atoms with van der Waals surface area (Å²) in [6.07, 6.45) is 8.90. The average Bonchev–Trinajstić information content (AvgIpc) is 2.81. The molecule has 160 valence electrons. The molecule has 1 aliphatic heterocycles. The Bertz CT molecular complexity index is 856. The fourth-order valence-corrected chi connectivity index (χ4v) is 4.93. The van der Waals surface area contributed by atoms with E-state index in [4.69, 9.17) is 4.74 Å². The number of pyridine rings is 1. The van der Waals surface area contributed by atoms with Crippen molar-refractivity contribution in [1.82, 2.24) is 15.2 Å². The minimum Gasteiger partial charge on any atom is -0.379 e. The van der Waals surface area contributed by atoms with Crippen LogP contribution in [0.1, 0.15) is 60.4 Å². The van der Waals surface area contributed by atoms with E-state index in [0.29, 0.717) is 13.2 Å². The second-order valence-corrected chi connectivity index (χ2v) is 8.73. The monoisotopic (exact) mass is 407 g/mol. The second kappa shape index (κ2) is 9.27. The number of morpholine rings is 1. The summed E-state index contributed by atoms with van der Waals surface area (Å²) in [5.41, 5.74) is 4.18. The van der Waals surface area contributed by atoms with Crippen LogP contribution in [0.2, 0.25) is 0 Å². The van der Waals surface area contributed by atoms with Crippen molar-refractivity contribution >= 4 is 5.91 Å². The number of carbonyl (C=O) groups is 1. The molecule has 2 aliphatic rings. The Hall–Kier alpha value is -2.24. The van der Waals surface area contributed by atoms with Crippen molar-refractivity contribution in [2.75, 3.05) is 26.3 Å². The molecule has 0 radical (unpaired) electrons. The zero-order valence-corrected chi connectivity index (χ0v) is 18.2. The summed E-state index contributed by atoms with van der Waals surface area (Å²) in [5, 5.41) is 3.44. The maximum Gasteiger partial charge on any atom is 0.241 e. The Labute approximate surface area is 179 Å². The minimum absolute atomic E-state index is 0.149. The van der Waals surface area contributed by atoms with Gasteiger partial charge in [-0.1, -0.05) is 43.5 Å². The van der Waals surface area contributed by atoms with Gasteiger partial charge in [0.15, 0.2) is 0 Å². The molecular formula is C25H33N3O2. The lowest BCUT2D eigenvalue weighted by Crippen LogP contribution is -2.62. The second-order valence-electron chi connectivity index (χ2n) is 8.73. The van der Waals surface area contributed by atoms with Gasteiger partial charge in [0.25, 0.3) is 0 Å². The largest absolute Gasteiger partial charge is 0.379 e. The van der Waals surface area contributed by atoms with Crippen LogP contribution >= 0.6 is 0 Å². The standard InChI is InChI=1S/C25H33N3O2/c1-19-8-9-21(17-20(19)2)23(22-7-6-12-26-18-22)27-24(29)25(10-4-3-5-11-25)28-13-15-30-16-14-28/h6-9,12,17-18,23H,3-5,10-11,13-16H2,1-2H3,(H,27,29). The van der Waals surface area contributed by atoms with E-state index in [1.165, 1.54) is 17.5 Å². The third-order valence-electron chi connectivity index (χ3n) is 6.88. The molecule has 5 nitrogen and oxygen atoms in total. The van der Waals surface area contributed by atoms with Gasteiger partial charge < -0.3 is 10.1 Å². The molecule has 1 atom stereocenters. The van der Waals surface area contributed by atoms with Crippen LogP contribution in [0.5, 0.6) is 0 Å². The minimum atomic E-state index is -0.428. The van der Waals surface area contributed by atoms with E-state index in [-0.39, 0.29) is 11.9 Å². The fraction of sp³-hybridized carbons (Fsp3) is 0.520. The number of aryl methyl sites for hydroxylation is 2. The number of rotatable bonds is 5. The first-order valence-electron chi connectivity index (χ1n) is 11.2. The van der Waals surface area contributed by atoms with E-state index in [9.17, 15) is 4.79 Å². The number of nitrogens with one attached hydrogen (secondary N) is 1. The zero-order valence-electron chi connectivity index (χ0n) is 18.2. The lowest BCUT2D eigenvalue weighted by Gasteiger charge is -2.47. The Morgan fingerprint density at radius 2 is 1.83 bits per heavy atom. The molecular weight excluding hydrogens is 374 g/mol. The maximum atomic E-state index is 13.9. The highest BCUT2D eigenvalue weighted by Gasteiger charge is 2.45. The molecule has 1 aliphatic carbocycles. The van der Waals surface area contributed by atoms with Gasteiger partial charge in [-0.05, 0) is 55.0 Å². The van der Waals surface area contributed by atoms with Crippen molar-refractivity contribution in [3.63, 3.8) is 0 Å². The van der Waals surface area contributed by atoms with Crippen LogP contribution in [0, 0.1) is 13.8 Å². The van der Waals surface area contributed by atoms with Gasteiger partial charge in [-0.2, -0.15) is 0 Å². The van der Waals surface area contributed by atoms with Gasteiger partial charge in [0.2, 0.25) is 5.91 Å². The number of benzene rings is 1. The van der Waals surface area contributed by atoms with E-state index in [1.807, 2.05) is 12.3 Å². The number of amides is 1. The van der Waals surface area contributed by atoms with Crippen LogP contribution in [0.3, 0.4) is 0 Å². The molecule has 0 spiro atoms. The zero-order chi connectivity index (χ0) is 21.0. The molecule has 2 heterocycles. The first kappa shape index (κ1) is 21.0. The van der Waals surface area contributed by atoms with Crippen LogP contribution in [-0.4, -0.2) is 47.6 Å². The molecule has 30 heavy (non-hydrogen) atoms. The Kier molecular flexibility index (Phi) is 6.49. The van der Waals surface area contributed by atoms with E-state index < -0.39 is 5.54 Å². The number of carbonyl (C=O) groups excluding carboxylic acids is 1. The van der Waals surface area contributed by atoms with Crippen molar-refractivity contribution in [1.29, 1.82) is 0 Å².